The molecule has 3 aliphatic carbocycles. The Morgan fingerprint density at radius 2 is 1.90 bits per heavy atom. The molecule has 2 heteroatoms. The van der Waals surface area contributed by atoms with E-state index in [4.69, 9.17) is 11.6 Å². The molecule has 0 aromatic heterocycles. The van der Waals surface area contributed by atoms with Crippen LogP contribution in [0.3, 0.4) is 0 Å². The standard InChI is InChI=1S/C8H11ClO/c9-8(10)7-5-2-1-3-6(7)4-5/h5-7H,1-4H2/t5-,6-/m1/s1. The van der Waals surface area contributed by atoms with E-state index in [-0.39, 0.29) is 11.2 Å². The molecule has 0 aromatic carbocycles. The van der Waals surface area contributed by atoms with Gasteiger partial charge in [0.25, 0.3) is 0 Å². The van der Waals surface area contributed by atoms with Crippen LogP contribution in [-0.2, 0) is 4.79 Å². The molecule has 3 rings (SSSR count). The van der Waals surface area contributed by atoms with Crippen molar-refractivity contribution in [3.05, 3.63) is 0 Å². The van der Waals surface area contributed by atoms with Crippen molar-refractivity contribution in [2.75, 3.05) is 0 Å². The van der Waals surface area contributed by atoms with Crippen molar-refractivity contribution < 1.29 is 4.79 Å². The van der Waals surface area contributed by atoms with Crippen molar-refractivity contribution in [1.82, 2.24) is 0 Å². The molecule has 0 unspecified atom stereocenters. The van der Waals surface area contributed by atoms with Crippen LogP contribution < -0.4 is 0 Å². The lowest BCUT2D eigenvalue weighted by Gasteiger charge is -2.47. The molecule has 0 saturated heterocycles. The second-order valence-corrected chi connectivity index (χ2v) is 3.89. The van der Waals surface area contributed by atoms with Gasteiger partial charge in [0.1, 0.15) is 0 Å². The lowest BCUT2D eigenvalue weighted by atomic mass is 9.58. The second-order valence-electron chi connectivity index (χ2n) is 3.52. The van der Waals surface area contributed by atoms with Gasteiger partial charge in [0, 0.05) is 5.92 Å². The Balaban J connectivity index is 2.06. The predicted octanol–water partition coefficient (Wildman–Crippen LogP) is 2.19. The highest BCUT2D eigenvalue weighted by atomic mass is 35.5. The summed E-state index contributed by atoms with van der Waals surface area (Å²) >= 11 is 5.44. The summed E-state index contributed by atoms with van der Waals surface area (Å²) in [7, 11) is 0. The van der Waals surface area contributed by atoms with Gasteiger partial charge in [0.05, 0.1) is 0 Å². The maximum Gasteiger partial charge on any atom is 0.225 e. The summed E-state index contributed by atoms with van der Waals surface area (Å²) in [6.07, 6.45) is 5.05. The lowest BCUT2D eigenvalue weighted by molar-refractivity contribution is -0.126. The quantitative estimate of drug-likeness (QED) is 0.535. The van der Waals surface area contributed by atoms with E-state index >= 15 is 0 Å². The molecule has 0 spiro atoms. The molecule has 56 valence electrons. The summed E-state index contributed by atoms with van der Waals surface area (Å²) in [6.45, 7) is 0. The van der Waals surface area contributed by atoms with Gasteiger partial charge in [-0.1, -0.05) is 6.42 Å². The molecule has 2 bridgehead atoms. The molecule has 0 aliphatic heterocycles. The molecule has 0 N–H and O–H groups in total. The third kappa shape index (κ3) is 0.800. The van der Waals surface area contributed by atoms with Crippen LogP contribution in [0.4, 0.5) is 0 Å². The molecule has 2 atom stereocenters. The number of hydrogen-bond acceptors (Lipinski definition) is 1. The smallest absolute Gasteiger partial charge is 0.225 e. The summed E-state index contributed by atoms with van der Waals surface area (Å²) < 4.78 is 0. The summed E-state index contributed by atoms with van der Waals surface area (Å²) in [4.78, 5) is 10.8. The highest BCUT2D eigenvalue weighted by Gasteiger charge is 2.46. The van der Waals surface area contributed by atoms with Crippen molar-refractivity contribution in [2.45, 2.75) is 25.7 Å². The van der Waals surface area contributed by atoms with E-state index in [9.17, 15) is 4.79 Å². The average Bonchev–Trinajstić information content (AvgIpc) is 1.87. The first-order chi connectivity index (χ1) is 4.79. The summed E-state index contributed by atoms with van der Waals surface area (Å²) in [5.74, 6) is 1.56. The molecular weight excluding hydrogens is 148 g/mol. The molecule has 3 fully saturated rings. The zero-order chi connectivity index (χ0) is 7.14. The van der Waals surface area contributed by atoms with Crippen LogP contribution in [0.5, 0.6) is 0 Å². The van der Waals surface area contributed by atoms with E-state index in [1.165, 1.54) is 25.7 Å². The van der Waals surface area contributed by atoms with E-state index in [1.54, 1.807) is 0 Å². The number of hydrogen-bond donors (Lipinski definition) is 0. The van der Waals surface area contributed by atoms with E-state index in [0.29, 0.717) is 11.8 Å². The van der Waals surface area contributed by atoms with Crippen molar-refractivity contribution >= 4 is 16.8 Å². The molecule has 3 aliphatic rings. The molecule has 0 heterocycles. The fourth-order valence-electron chi connectivity index (χ4n) is 2.48. The van der Waals surface area contributed by atoms with Gasteiger partial charge in [-0.2, -0.15) is 0 Å². The van der Waals surface area contributed by atoms with Crippen LogP contribution in [0, 0.1) is 17.8 Å². The minimum Gasteiger partial charge on any atom is -0.281 e. The largest absolute Gasteiger partial charge is 0.281 e. The Morgan fingerprint density at radius 3 is 2.20 bits per heavy atom. The van der Waals surface area contributed by atoms with Gasteiger partial charge < -0.3 is 0 Å². The number of fused-ring (bicyclic) bond motifs is 2. The normalized spacial score (nSPS) is 44.3. The average molecular weight is 159 g/mol. The Labute approximate surface area is 65.7 Å². The van der Waals surface area contributed by atoms with Crippen molar-refractivity contribution in [3.63, 3.8) is 0 Å². The van der Waals surface area contributed by atoms with Crippen molar-refractivity contribution in [3.8, 4) is 0 Å². The Kier molecular flexibility index (Phi) is 1.48. The van der Waals surface area contributed by atoms with Gasteiger partial charge >= 0.3 is 0 Å². The first kappa shape index (κ1) is 6.66. The summed E-state index contributed by atoms with van der Waals surface area (Å²) in [5.41, 5.74) is 0. The monoisotopic (exact) mass is 158 g/mol. The third-order valence-electron chi connectivity index (χ3n) is 3.03. The highest BCUT2D eigenvalue weighted by molar-refractivity contribution is 6.64. The van der Waals surface area contributed by atoms with Crippen molar-refractivity contribution in [1.29, 1.82) is 0 Å². The van der Waals surface area contributed by atoms with Crippen molar-refractivity contribution in [2.24, 2.45) is 17.8 Å². The summed E-state index contributed by atoms with van der Waals surface area (Å²) in [6, 6.07) is 0. The van der Waals surface area contributed by atoms with Crippen LogP contribution in [-0.4, -0.2) is 5.24 Å². The summed E-state index contributed by atoms with van der Waals surface area (Å²) in [5, 5.41) is -0.0825. The first-order valence-corrected chi connectivity index (χ1v) is 4.36. The SMILES string of the molecule is O=C(Cl)C1[C@@H]2CCC[C@@H]1C2. The third-order valence-corrected chi connectivity index (χ3v) is 3.29. The maximum absolute atomic E-state index is 10.8. The minimum absolute atomic E-state index is 0.0825. The Bertz CT molecular complexity index is 153. The van der Waals surface area contributed by atoms with Crippen LogP contribution in [0.25, 0.3) is 0 Å². The minimum atomic E-state index is -0.0825. The Morgan fingerprint density at radius 1 is 1.30 bits per heavy atom. The molecule has 3 saturated carbocycles. The van der Waals surface area contributed by atoms with Gasteiger partial charge in [0.2, 0.25) is 5.24 Å². The van der Waals surface area contributed by atoms with E-state index in [2.05, 4.69) is 0 Å². The van der Waals surface area contributed by atoms with Gasteiger partial charge in [-0.3, -0.25) is 4.79 Å². The fourth-order valence-corrected chi connectivity index (χ4v) is 2.84. The molecule has 0 aromatic rings. The van der Waals surface area contributed by atoms with Crippen LogP contribution in [0.2, 0.25) is 0 Å². The van der Waals surface area contributed by atoms with Crippen LogP contribution in [0.15, 0.2) is 0 Å². The zero-order valence-corrected chi connectivity index (χ0v) is 6.60. The molecule has 0 radical (unpaired) electrons. The van der Waals surface area contributed by atoms with E-state index in [1.807, 2.05) is 0 Å². The first-order valence-electron chi connectivity index (χ1n) is 3.98. The number of halogens is 1. The predicted molar refractivity (Wildman–Crippen MR) is 39.8 cm³/mol. The molecule has 10 heavy (non-hydrogen) atoms. The maximum atomic E-state index is 10.8. The zero-order valence-electron chi connectivity index (χ0n) is 5.85. The lowest BCUT2D eigenvalue weighted by Crippen LogP contribution is -2.43. The molecule has 1 nitrogen and oxygen atoms in total. The van der Waals surface area contributed by atoms with Gasteiger partial charge in [-0.25, -0.2) is 0 Å². The number of carbonyl (C=O) groups is 1. The number of rotatable bonds is 1. The van der Waals surface area contributed by atoms with Crippen LogP contribution in [0.1, 0.15) is 25.7 Å². The fraction of sp³-hybridized carbons (Fsp3) is 0.875. The van der Waals surface area contributed by atoms with E-state index in [0.717, 1.165) is 0 Å². The molecular formula is C8H11ClO. The van der Waals surface area contributed by atoms with Crippen LogP contribution >= 0.6 is 11.6 Å². The second kappa shape index (κ2) is 2.23. The molecule has 0 amide bonds. The Hall–Kier alpha value is -0.0400. The highest BCUT2D eigenvalue weighted by Crippen LogP contribution is 2.51. The van der Waals surface area contributed by atoms with Gasteiger partial charge in [-0.05, 0) is 42.7 Å². The topological polar surface area (TPSA) is 17.1 Å². The van der Waals surface area contributed by atoms with Gasteiger partial charge in [0.15, 0.2) is 0 Å². The number of carbonyl (C=O) groups excluding carboxylic acids is 1. The van der Waals surface area contributed by atoms with Gasteiger partial charge in [-0.15, -0.1) is 0 Å². The van der Waals surface area contributed by atoms with E-state index < -0.39 is 0 Å².